The molecule has 0 aliphatic rings. The lowest BCUT2D eigenvalue weighted by molar-refractivity contribution is 0.143. The van der Waals surface area contributed by atoms with Crippen molar-refractivity contribution in [3.05, 3.63) is 29.8 Å². The van der Waals surface area contributed by atoms with Crippen molar-refractivity contribution < 1.29 is 9.84 Å². The molecule has 102 valence electrons. The van der Waals surface area contributed by atoms with Crippen molar-refractivity contribution in [2.45, 2.75) is 39.3 Å². The molecule has 0 aliphatic heterocycles. The standard InChI is InChI=1S/C15H25NO2/c1-11(2)9-14(17)10-16-12(3)13-5-7-15(18-4)8-6-13/h5-8,11-12,14,16-17H,9-10H2,1-4H3. The van der Waals surface area contributed by atoms with Crippen LogP contribution in [0.15, 0.2) is 24.3 Å². The number of methoxy groups -OCH3 is 1. The van der Waals surface area contributed by atoms with Gasteiger partial charge in [0.1, 0.15) is 5.75 Å². The SMILES string of the molecule is COc1ccc(C(C)NCC(O)CC(C)C)cc1. The summed E-state index contributed by atoms with van der Waals surface area (Å²) < 4.78 is 5.13. The molecule has 3 nitrogen and oxygen atoms in total. The third-order valence-corrected chi connectivity index (χ3v) is 3.02. The van der Waals surface area contributed by atoms with Gasteiger partial charge in [0.15, 0.2) is 0 Å². The Morgan fingerprint density at radius 1 is 1.17 bits per heavy atom. The summed E-state index contributed by atoms with van der Waals surface area (Å²) in [6.45, 7) is 6.97. The number of hydrogen-bond acceptors (Lipinski definition) is 3. The van der Waals surface area contributed by atoms with Crippen LogP contribution in [-0.2, 0) is 0 Å². The lowest BCUT2D eigenvalue weighted by Crippen LogP contribution is -2.29. The van der Waals surface area contributed by atoms with Crippen molar-refractivity contribution in [1.29, 1.82) is 0 Å². The van der Waals surface area contributed by atoms with E-state index >= 15 is 0 Å². The number of ether oxygens (including phenoxy) is 1. The van der Waals surface area contributed by atoms with Crippen LogP contribution in [0.4, 0.5) is 0 Å². The zero-order valence-electron chi connectivity index (χ0n) is 11.8. The van der Waals surface area contributed by atoms with E-state index in [1.54, 1.807) is 7.11 Å². The molecule has 3 heteroatoms. The maximum atomic E-state index is 9.82. The summed E-state index contributed by atoms with van der Waals surface area (Å²) in [4.78, 5) is 0. The highest BCUT2D eigenvalue weighted by Crippen LogP contribution is 2.17. The zero-order valence-corrected chi connectivity index (χ0v) is 11.8. The fourth-order valence-electron chi connectivity index (χ4n) is 1.95. The quantitative estimate of drug-likeness (QED) is 0.783. The highest BCUT2D eigenvalue weighted by Gasteiger charge is 2.10. The molecule has 0 spiro atoms. The van der Waals surface area contributed by atoms with Crippen molar-refractivity contribution >= 4 is 0 Å². The van der Waals surface area contributed by atoms with E-state index in [0.29, 0.717) is 12.5 Å². The van der Waals surface area contributed by atoms with Gasteiger partial charge in [-0.2, -0.15) is 0 Å². The first-order valence-corrected chi connectivity index (χ1v) is 6.58. The second-order valence-corrected chi connectivity index (χ2v) is 5.19. The Kier molecular flexibility index (Phi) is 6.16. The maximum Gasteiger partial charge on any atom is 0.118 e. The molecule has 0 amide bonds. The lowest BCUT2D eigenvalue weighted by Gasteiger charge is -2.18. The summed E-state index contributed by atoms with van der Waals surface area (Å²) in [5.74, 6) is 1.39. The van der Waals surface area contributed by atoms with Crippen molar-refractivity contribution in [1.82, 2.24) is 5.32 Å². The fraction of sp³-hybridized carbons (Fsp3) is 0.600. The van der Waals surface area contributed by atoms with Gasteiger partial charge < -0.3 is 15.2 Å². The minimum atomic E-state index is -0.273. The molecule has 1 aromatic carbocycles. The van der Waals surface area contributed by atoms with Crippen LogP contribution in [0.1, 0.15) is 38.8 Å². The molecule has 0 aromatic heterocycles. The number of benzene rings is 1. The Morgan fingerprint density at radius 2 is 1.78 bits per heavy atom. The van der Waals surface area contributed by atoms with Crippen LogP contribution in [0.2, 0.25) is 0 Å². The largest absolute Gasteiger partial charge is 0.497 e. The van der Waals surface area contributed by atoms with E-state index in [2.05, 4.69) is 26.1 Å². The molecule has 1 aromatic rings. The Morgan fingerprint density at radius 3 is 2.28 bits per heavy atom. The van der Waals surface area contributed by atoms with Crippen LogP contribution in [0, 0.1) is 5.92 Å². The van der Waals surface area contributed by atoms with Crippen LogP contribution in [0.3, 0.4) is 0 Å². The number of hydrogen-bond donors (Lipinski definition) is 2. The lowest BCUT2D eigenvalue weighted by atomic mass is 10.0. The van der Waals surface area contributed by atoms with Gasteiger partial charge in [-0.25, -0.2) is 0 Å². The van der Waals surface area contributed by atoms with E-state index in [9.17, 15) is 5.11 Å². The number of aliphatic hydroxyl groups excluding tert-OH is 1. The summed E-state index contributed by atoms with van der Waals surface area (Å²) in [7, 11) is 1.67. The third kappa shape index (κ3) is 5.07. The predicted molar refractivity (Wildman–Crippen MR) is 74.9 cm³/mol. The van der Waals surface area contributed by atoms with E-state index in [-0.39, 0.29) is 12.1 Å². The van der Waals surface area contributed by atoms with Gasteiger partial charge in [-0.1, -0.05) is 26.0 Å². The molecule has 18 heavy (non-hydrogen) atoms. The van der Waals surface area contributed by atoms with E-state index in [1.165, 1.54) is 5.56 Å². The Labute approximate surface area is 110 Å². The smallest absolute Gasteiger partial charge is 0.118 e. The summed E-state index contributed by atoms with van der Waals surface area (Å²) in [6.07, 6.45) is 0.563. The van der Waals surface area contributed by atoms with Gasteiger partial charge in [-0.05, 0) is 37.0 Å². The van der Waals surface area contributed by atoms with Crippen molar-refractivity contribution in [3.63, 3.8) is 0 Å². The molecule has 2 unspecified atom stereocenters. The van der Waals surface area contributed by atoms with Gasteiger partial charge in [-0.15, -0.1) is 0 Å². The highest BCUT2D eigenvalue weighted by molar-refractivity contribution is 5.28. The molecule has 2 atom stereocenters. The maximum absolute atomic E-state index is 9.82. The molecular weight excluding hydrogens is 226 g/mol. The van der Waals surface area contributed by atoms with Gasteiger partial charge in [0, 0.05) is 12.6 Å². The van der Waals surface area contributed by atoms with Gasteiger partial charge in [0.05, 0.1) is 13.2 Å². The topological polar surface area (TPSA) is 41.5 Å². The predicted octanol–water partition coefficient (Wildman–Crippen LogP) is 2.75. The first-order valence-electron chi connectivity index (χ1n) is 6.58. The van der Waals surface area contributed by atoms with Gasteiger partial charge in [0.2, 0.25) is 0 Å². The molecule has 0 bridgehead atoms. The first-order chi connectivity index (χ1) is 8.52. The summed E-state index contributed by atoms with van der Waals surface area (Å²) >= 11 is 0. The summed E-state index contributed by atoms with van der Waals surface area (Å²) in [5, 5.41) is 13.2. The third-order valence-electron chi connectivity index (χ3n) is 3.02. The molecule has 0 saturated heterocycles. The molecule has 1 rings (SSSR count). The number of nitrogens with one attached hydrogen (secondary N) is 1. The van der Waals surface area contributed by atoms with Crippen LogP contribution in [-0.4, -0.2) is 24.9 Å². The minimum Gasteiger partial charge on any atom is -0.497 e. The Hall–Kier alpha value is -1.06. The van der Waals surface area contributed by atoms with Gasteiger partial charge in [0.25, 0.3) is 0 Å². The van der Waals surface area contributed by atoms with Crippen LogP contribution >= 0.6 is 0 Å². The molecule has 0 heterocycles. The van der Waals surface area contributed by atoms with Crippen LogP contribution < -0.4 is 10.1 Å². The Balaban J connectivity index is 2.42. The highest BCUT2D eigenvalue weighted by atomic mass is 16.5. The first kappa shape index (κ1) is 15.0. The van der Waals surface area contributed by atoms with E-state index in [4.69, 9.17) is 4.74 Å². The van der Waals surface area contributed by atoms with E-state index < -0.39 is 0 Å². The minimum absolute atomic E-state index is 0.234. The van der Waals surface area contributed by atoms with Crippen LogP contribution in [0.5, 0.6) is 5.75 Å². The number of aliphatic hydroxyl groups is 1. The molecule has 0 fully saturated rings. The average Bonchev–Trinajstić information content (AvgIpc) is 2.35. The second kappa shape index (κ2) is 7.39. The fourth-order valence-corrected chi connectivity index (χ4v) is 1.95. The second-order valence-electron chi connectivity index (χ2n) is 5.19. The van der Waals surface area contributed by atoms with E-state index in [1.807, 2.05) is 24.3 Å². The van der Waals surface area contributed by atoms with Crippen molar-refractivity contribution in [3.8, 4) is 5.75 Å². The Bertz CT molecular complexity index is 335. The average molecular weight is 251 g/mol. The summed E-state index contributed by atoms with van der Waals surface area (Å²) in [6, 6.07) is 8.24. The van der Waals surface area contributed by atoms with Gasteiger partial charge in [-0.3, -0.25) is 0 Å². The van der Waals surface area contributed by atoms with Crippen LogP contribution in [0.25, 0.3) is 0 Å². The van der Waals surface area contributed by atoms with Gasteiger partial charge >= 0.3 is 0 Å². The number of rotatable bonds is 7. The summed E-state index contributed by atoms with van der Waals surface area (Å²) in [5.41, 5.74) is 1.20. The monoisotopic (exact) mass is 251 g/mol. The molecule has 0 aliphatic carbocycles. The molecule has 0 radical (unpaired) electrons. The molecule has 2 N–H and O–H groups in total. The normalized spacial score (nSPS) is 14.6. The zero-order chi connectivity index (χ0) is 13.5. The molecular formula is C15H25NO2. The van der Waals surface area contributed by atoms with Crippen molar-refractivity contribution in [2.75, 3.05) is 13.7 Å². The van der Waals surface area contributed by atoms with Crippen molar-refractivity contribution in [2.24, 2.45) is 5.92 Å². The van der Waals surface area contributed by atoms with E-state index in [0.717, 1.165) is 12.2 Å². The molecule has 0 saturated carbocycles.